The number of ether oxygens (including phenoxy) is 1. The molecule has 0 radical (unpaired) electrons. The van der Waals surface area contributed by atoms with Gasteiger partial charge in [0.1, 0.15) is 11.9 Å². The Labute approximate surface area is 107 Å². The van der Waals surface area contributed by atoms with Crippen LogP contribution in [0.25, 0.3) is 0 Å². The second-order valence-electron chi connectivity index (χ2n) is 5.82. The normalized spacial score (nSPS) is 17.1. The molecule has 1 aromatic carbocycles. The monoisotopic (exact) mass is 246 g/mol. The molecule has 1 aliphatic carbocycles. The van der Waals surface area contributed by atoms with Crippen LogP contribution in [0.15, 0.2) is 24.3 Å². The number of hydrogen-bond acceptors (Lipinski definition) is 3. The molecule has 0 atom stereocenters. The Morgan fingerprint density at radius 1 is 1.22 bits per heavy atom. The minimum Gasteiger partial charge on any atom is -0.459 e. The van der Waals surface area contributed by atoms with Crippen molar-refractivity contribution >= 4 is 12.3 Å². The number of benzene rings is 1. The third kappa shape index (κ3) is 2.45. The molecule has 0 N–H and O–H groups in total. The van der Waals surface area contributed by atoms with Crippen LogP contribution in [-0.4, -0.2) is 17.9 Å². The first-order chi connectivity index (χ1) is 8.37. The summed E-state index contributed by atoms with van der Waals surface area (Å²) in [5.74, 6) is -0.158. The quantitative estimate of drug-likeness (QED) is 0.608. The maximum Gasteiger partial charge on any atom is 0.317 e. The maximum absolute atomic E-state index is 12.2. The van der Waals surface area contributed by atoms with Crippen LogP contribution in [0.1, 0.15) is 49.5 Å². The number of hydrogen-bond donors (Lipinski definition) is 0. The lowest BCUT2D eigenvalue weighted by Gasteiger charge is -2.24. The van der Waals surface area contributed by atoms with Crippen LogP contribution in [0.3, 0.4) is 0 Å². The molecular weight excluding hydrogens is 228 g/mol. The van der Waals surface area contributed by atoms with E-state index in [0.717, 1.165) is 24.7 Å². The number of carbonyl (C=O) groups excluding carboxylic acids is 2. The van der Waals surface area contributed by atoms with Gasteiger partial charge in [0.25, 0.3) is 0 Å². The Hall–Kier alpha value is -1.64. The van der Waals surface area contributed by atoms with E-state index in [4.69, 9.17) is 4.74 Å². The molecule has 18 heavy (non-hydrogen) atoms. The fraction of sp³-hybridized carbons (Fsp3) is 0.467. The molecule has 3 nitrogen and oxygen atoms in total. The molecule has 2 rings (SSSR count). The Morgan fingerprint density at radius 2 is 1.78 bits per heavy atom. The van der Waals surface area contributed by atoms with Crippen LogP contribution in [0, 0.1) is 0 Å². The third-order valence-electron chi connectivity index (χ3n) is 3.14. The molecule has 0 amide bonds. The highest BCUT2D eigenvalue weighted by Gasteiger charge is 2.53. The van der Waals surface area contributed by atoms with Gasteiger partial charge in [0.05, 0.1) is 5.41 Å². The molecule has 1 fully saturated rings. The summed E-state index contributed by atoms with van der Waals surface area (Å²) < 4.78 is 5.47. The summed E-state index contributed by atoms with van der Waals surface area (Å²) in [4.78, 5) is 22.8. The van der Waals surface area contributed by atoms with E-state index in [1.165, 1.54) is 0 Å². The molecule has 0 bridgehead atoms. The third-order valence-corrected chi connectivity index (χ3v) is 3.14. The molecule has 0 aromatic heterocycles. The van der Waals surface area contributed by atoms with Gasteiger partial charge in [-0.25, -0.2) is 0 Å². The highest BCUT2D eigenvalue weighted by atomic mass is 16.6. The lowest BCUT2D eigenvalue weighted by molar-refractivity contribution is -0.158. The Kier molecular flexibility index (Phi) is 3.01. The second kappa shape index (κ2) is 4.23. The predicted molar refractivity (Wildman–Crippen MR) is 68.6 cm³/mol. The average molecular weight is 246 g/mol. The van der Waals surface area contributed by atoms with Crippen molar-refractivity contribution in [1.29, 1.82) is 0 Å². The summed E-state index contributed by atoms with van der Waals surface area (Å²) in [5, 5.41) is 0. The van der Waals surface area contributed by atoms with Crippen LogP contribution >= 0.6 is 0 Å². The molecule has 1 aliphatic rings. The SMILES string of the molecule is CC(C)(C)OC(=O)C1(c2ccc(C=O)cc2)CC1. The minimum absolute atomic E-state index is 0.158. The maximum atomic E-state index is 12.2. The smallest absolute Gasteiger partial charge is 0.317 e. The lowest BCUT2D eigenvalue weighted by atomic mass is 9.95. The molecule has 0 aliphatic heterocycles. The molecular formula is C15H18O3. The van der Waals surface area contributed by atoms with Gasteiger partial charge in [-0.05, 0) is 39.2 Å². The molecule has 0 spiro atoms. The number of rotatable bonds is 3. The van der Waals surface area contributed by atoms with Crippen LogP contribution < -0.4 is 0 Å². The van der Waals surface area contributed by atoms with E-state index in [1.807, 2.05) is 32.9 Å². The first kappa shape index (κ1) is 12.8. The zero-order valence-electron chi connectivity index (χ0n) is 11.0. The molecule has 0 heterocycles. The number of aldehydes is 1. The van der Waals surface area contributed by atoms with Crippen molar-refractivity contribution in [2.75, 3.05) is 0 Å². The summed E-state index contributed by atoms with van der Waals surface area (Å²) in [7, 11) is 0. The van der Waals surface area contributed by atoms with Crippen molar-refractivity contribution in [2.45, 2.75) is 44.6 Å². The van der Waals surface area contributed by atoms with Crippen molar-refractivity contribution in [2.24, 2.45) is 0 Å². The summed E-state index contributed by atoms with van der Waals surface area (Å²) in [6.45, 7) is 5.61. The molecule has 0 unspecified atom stereocenters. The van der Waals surface area contributed by atoms with E-state index in [1.54, 1.807) is 12.1 Å². The summed E-state index contributed by atoms with van der Waals surface area (Å²) in [6.07, 6.45) is 2.45. The Balaban J connectivity index is 2.20. The average Bonchev–Trinajstić information content (AvgIpc) is 3.08. The van der Waals surface area contributed by atoms with E-state index >= 15 is 0 Å². The van der Waals surface area contributed by atoms with Gasteiger partial charge >= 0.3 is 5.97 Å². The van der Waals surface area contributed by atoms with Gasteiger partial charge in [0, 0.05) is 5.56 Å². The van der Waals surface area contributed by atoms with E-state index in [9.17, 15) is 9.59 Å². The standard InChI is InChI=1S/C15H18O3/c1-14(2,3)18-13(17)15(8-9-15)12-6-4-11(10-16)5-7-12/h4-7,10H,8-9H2,1-3H3. The first-order valence-corrected chi connectivity index (χ1v) is 6.17. The van der Waals surface area contributed by atoms with Crippen molar-refractivity contribution in [3.05, 3.63) is 35.4 Å². The molecule has 96 valence electrons. The number of esters is 1. The van der Waals surface area contributed by atoms with Gasteiger partial charge in [-0.15, -0.1) is 0 Å². The van der Waals surface area contributed by atoms with E-state index < -0.39 is 11.0 Å². The van der Waals surface area contributed by atoms with Crippen LogP contribution in [-0.2, 0) is 14.9 Å². The zero-order chi connectivity index (χ0) is 13.4. The fourth-order valence-corrected chi connectivity index (χ4v) is 1.99. The predicted octanol–water partition coefficient (Wildman–Crippen LogP) is 2.87. The van der Waals surface area contributed by atoms with Gasteiger partial charge in [-0.1, -0.05) is 24.3 Å². The van der Waals surface area contributed by atoms with E-state index in [0.29, 0.717) is 5.56 Å². The zero-order valence-corrected chi connectivity index (χ0v) is 11.0. The fourth-order valence-electron chi connectivity index (χ4n) is 1.99. The van der Waals surface area contributed by atoms with Gasteiger partial charge in [-0.3, -0.25) is 9.59 Å². The van der Waals surface area contributed by atoms with Crippen molar-refractivity contribution in [1.82, 2.24) is 0 Å². The minimum atomic E-state index is -0.477. The molecule has 1 saturated carbocycles. The van der Waals surface area contributed by atoms with Crippen molar-refractivity contribution in [3.8, 4) is 0 Å². The van der Waals surface area contributed by atoms with Gasteiger partial charge in [-0.2, -0.15) is 0 Å². The summed E-state index contributed by atoms with van der Waals surface area (Å²) in [5.41, 5.74) is 0.630. The van der Waals surface area contributed by atoms with Crippen molar-refractivity contribution in [3.63, 3.8) is 0 Å². The van der Waals surface area contributed by atoms with Crippen LogP contribution in [0.4, 0.5) is 0 Å². The van der Waals surface area contributed by atoms with Crippen molar-refractivity contribution < 1.29 is 14.3 Å². The molecule has 0 saturated heterocycles. The summed E-state index contributed by atoms with van der Waals surface area (Å²) in [6, 6.07) is 7.18. The number of carbonyl (C=O) groups is 2. The van der Waals surface area contributed by atoms with Crippen LogP contribution in [0.2, 0.25) is 0 Å². The molecule has 1 aromatic rings. The van der Waals surface area contributed by atoms with E-state index in [-0.39, 0.29) is 5.97 Å². The van der Waals surface area contributed by atoms with Gasteiger partial charge < -0.3 is 4.74 Å². The Bertz CT molecular complexity index is 462. The largest absolute Gasteiger partial charge is 0.459 e. The second-order valence-corrected chi connectivity index (χ2v) is 5.82. The topological polar surface area (TPSA) is 43.4 Å². The highest BCUT2D eigenvalue weighted by molar-refractivity contribution is 5.87. The van der Waals surface area contributed by atoms with Gasteiger partial charge in [0.2, 0.25) is 0 Å². The van der Waals surface area contributed by atoms with E-state index in [2.05, 4.69) is 0 Å². The molecule has 3 heteroatoms. The first-order valence-electron chi connectivity index (χ1n) is 6.17. The van der Waals surface area contributed by atoms with Gasteiger partial charge in [0.15, 0.2) is 0 Å². The summed E-state index contributed by atoms with van der Waals surface area (Å²) >= 11 is 0. The highest BCUT2D eigenvalue weighted by Crippen LogP contribution is 2.49. The van der Waals surface area contributed by atoms with Crippen LogP contribution in [0.5, 0.6) is 0 Å². The lowest BCUT2D eigenvalue weighted by Crippen LogP contribution is -2.31. The Morgan fingerprint density at radius 3 is 2.17 bits per heavy atom.